The van der Waals surface area contributed by atoms with Crippen molar-refractivity contribution in [3.8, 4) is 0 Å². The van der Waals surface area contributed by atoms with Gasteiger partial charge in [0, 0.05) is 5.54 Å². The van der Waals surface area contributed by atoms with Gasteiger partial charge in [0.1, 0.15) is 5.03 Å². The molecule has 0 N–H and O–H groups in total. The summed E-state index contributed by atoms with van der Waals surface area (Å²) in [5.41, 5.74) is 0.522. The molecule has 0 aromatic carbocycles. The fraction of sp³-hybridized carbons (Fsp3) is 0.333. The van der Waals surface area contributed by atoms with Gasteiger partial charge in [0.25, 0.3) is 0 Å². The molecule has 0 aliphatic rings. The van der Waals surface area contributed by atoms with Crippen LogP contribution in [0.3, 0.4) is 0 Å². The topological polar surface area (TPSA) is 0 Å². The van der Waals surface area contributed by atoms with Crippen LogP contribution >= 0.6 is 34.8 Å². The van der Waals surface area contributed by atoms with E-state index in [4.69, 9.17) is 23.2 Å². The van der Waals surface area contributed by atoms with Crippen LogP contribution in [0.4, 0.5) is 8.78 Å². The summed E-state index contributed by atoms with van der Waals surface area (Å²) in [6, 6.07) is 0. The van der Waals surface area contributed by atoms with Crippen molar-refractivity contribution >= 4 is 34.8 Å². The van der Waals surface area contributed by atoms with Crippen molar-refractivity contribution in [1.29, 1.82) is 0 Å². The maximum atomic E-state index is 11.6. The van der Waals surface area contributed by atoms with Crippen LogP contribution in [0.25, 0.3) is 0 Å². The van der Waals surface area contributed by atoms with E-state index in [2.05, 4.69) is 11.6 Å². The number of alkyl halides is 3. The van der Waals surface area contributed by atoms with Gasteiger partial charge >= 0.3 is 5.38 Å². The van der Waals surface area contributed by atoms with Crippen molar-refractivity contribution in [2.45, 2.75) is 5.38 Å². The molecule has 0 saturated heterocycles. The minimum absolute atomic E-state index is 0.522. The van der Waals surface area contributed by atoms with Crippen molar-refractivity contribution in [1.82, 2.24) is 0 Å². The van der Waals surface area contributed by atoms with Gasteiger partial charge in [-0.1, -0.05) is 23.2 Å². The summed E-state index contributed by atoms with van der Waals surface area (Å²) in [5.74, 6) is 0. The van der Waals surface area contributed by atoms with Crippen molar-refractivity contribution in [3.05, 3.63) is 10.6 Å². The lowest BCUT2D eigenvalue weighted by molar-refractivity contribution is 0.148. The molecule has 48 valence electrons. The Labute approximate surface area is 60.0 Å². The highest BCUT2D eigenvalue weighted by Crippen LogP contribution is 2.31. The van der Waals surface area contributed by atoms with Crippen LogP contribution in [0.2, 0.25) is 0 Å². The molecule has 0 atom stereocenters. The molecule has 8 heavy (non-hydrogen) atoms. The zero-order valence-corrected chi connectivity index (χ0v) is 5.73. The Morgan fingerprint density at radius 3 is 1.88 bits per heavy atom. The first-order valence-electron chi connectivity index (χ1n) is 1.51. The molecule has 0 nitrogen and oxygen atoms in total. The first-order chi connectivity index (χ1) is 3.48. The van der Waals surface area contributed by atoms with Gasteiger partial charge < -0.3 is 0 Å². The highest BCUT2D eigenvalue weighted by molar-refractivity contribution is 6.42. The monoisotopic (exact) mass is 180 g/mol. The van der Waals surface area contributed by atoms with Gasteiger partial charge in [0.2, 0.25) is 0 Å². The highest BCUT2D eigenvalue weighted by atomic mass is 35.5. The second-order valence-electron chi connectivity index (χ2n) is 0.955. The maximum absolute atomic E-state index is 11.6. The fourth-order valence-electron chi connectivity index (χ4n) is 0.0619. The molecule has 0 aliphatic heterocycles. The Kier molecular flexibility index (Phi) is 3.02. The average molecular weight is 181 g/mol. The number of rotatable bonds is 1. The van der Waals surface area contributed by atoms with E-state index >= 15 is 0 Å². The second-order valence-corrected chi connectivity index (χ2v) is 2.05. The van der Waals surface area contributed by atoms with Gasteiger partial charge in [-0.25, -0.2) is 0 Å². The molecule has 0 aromatic heterocycles. The predicted octanol–water partition coefficient (Wildman–Crippen LogP) is 3.14. The van der Waals surface area contributed by atoms with Gasteiger partial charge in [-0.3, -0.25) is 0 Å². The zero-order valence-electron chi connectivity index (χ0n) is 3.47. The third-order valence-electron chi connectivity index (χ3n) is 0.367. The van der Waals surface area contributed by atoms with E-state index in [1.54, 1.807) is 0 Å². The van der Waals surface area contributed by atoms with E-state index in [0.717, 1.165) is 0 Å². The lowest BCUT2D eigenvalue weighted by Crippen LogP contribution is -2.03. The largest absolute Gasteiger partial charge is 0.359 e. The summed E-state index contributed by atoms with van der Waals surface area (Å²) < 4.78 is 23.2. The molecule has 0 bridgehead atoms. The van der Waals surface area contributed by atoms with Gasteiger partial charge in [0.15, 0.2) is 0 Å². The van der Waals surface area contributed by atoms with E-state index in [-0.39, 0.29) is 0 Å². The van der Waals surface area contributed by atoms with Gasteiger partial charge in [-0.2, -0.15) is 8.78 Å². The van der Waals surface area contributed by atoms with Crippen molar-refractivity contribution in [2.24, 2.45) is 0 Å². The summed E-state index contributed by atoms with van der Waals surface area (Å²) in [6.45, 7) is 0. The summed E-state index contributed by atoms with van der Waals surface area (Å²) in [5, 5.41) is -4.40. The van der Waals surface area contributed by atoms with Crippen molar-refractivity contribution in [3.63, 3.8) is 0 Å². The second kappa shape index (κ2) is 2.85. The van der Waals surface area contributed by atoms with Crippen LogP contribution in [-0.2, 0) is 0 Å². The van der Waals surface area contributed by atoms with Crippen LogP contribution in [0.1, 0.15) is 0 Å². The summed E-state index contributed by atoms with van der Waals surface area (Å²) in [4.78, 5) is 0. The molecule has 0 heterocycles. The van der Waals surface area contributed by atoms with E-state index in [1.165, 1.54) is 0 Å². The summed E-state index contributed by atoms with van der Waals surface area (Å²) >= 11 is 13.9. The Morgan fingerprint density at radius 2 is 1.88 bits per heavy atom. The van der Waals surface area contributed by atoms with Gasteiger partial charge in [-0.15, -0.1) is 0 Å². The molecule has 0 saturated carbocycles. The first-order valence-corrected chi connectivity index (χ1v) is 2.71. The van der Waals surface area contributed by atoms with Crippen LogP contribution < -0.4 is 0 Å². The number of hydrogen-bond donors (Lipinski definition) is 0. The third-order valence-corrected chi connectivity index (χ3v) is 1.34. The fourth-order valence-corrected chi connectivity index (χ4v) is 0.309. The van der Waals surface area contributed by atoms with E-state index in [0.29, 0.717) is 5.54 Å². The average Bonchev–Trinajstić information content (AvgIpc) is 1.62. The molecule has 0 radical (unpaired) electrons. The third kappa shape index (κ3) is 2.70. The van der Waals surface area contributed by atoms with Gasteiger partial charge in [0.05, 0.1) is 0 Å². The molecular formula is C3HCl3F2. The Balaban J connectivity index is 4.03. The molecule has 0 rings (SSSR count). The van der Waals surface area contributed by atoms with E-state index < -0.39 is 10.4 Å². The minimum atomic E-state index is -3.52. The highest BCUT2D eigenvalue weighted by Gasteiger charge is 2.28. The predicted molar refractivity (Wildman–Crippen MR) is 30.6 cm³/mol. The lowest BCUT2D eigenvalue weighted by Gasteiger charge is -2.01. The molecule has 0 aliphatic carbocycles. The zero-order chi connectivity index (χ0) is 6.78. The quantitative estimate of drug-likeness (QED) is 0.545. The Bertz CT molecular complexity index is 104. The van der Waals surface area contributed by atoms with Crippen LogP contribution in [-0.4, -0.2) is 5.38 Å². The first kappa shape index (κ1) is 8.47. The molecule has 0 spiro atoms. The van der Waals surface area contributed by atoms with Crippen molar-refractivity contribution in [2.75, 3.05) is 0 Å². The smallest absolute Gasteiger partial charge is 0.182 e. The molecule has 0 unspecified atom stereocenters. The van der Waals surface area contributed by atoms with E-state index in [1.807, 2.05) is 0 Å². The van der Waals surface area contributed by atoms with E-state index in [9.17, 15) is 8.78 Å². The molecule has 0 fully saturated rings. The molecule has 0 amide bonds. The number of allylic oxidation sites excluding steroid dienone is 1. The SMILES string of the molecule is FC(F)(Cl)C(Cl)=CCl. The van der Waals surface area contributed by atoms with Crippen LogP contribution in [0.15, 0.2) is 10.6 Å². The molecule has 5 heteroatoms. The number of halogens is 5. The Morgan fingerprint density at radius 1 is 1.50 bits per heavy atom. The standard InChI is InChI=1S/C3HCl3F2/c4-1-2(5)3(6,7)8/h1H. The number of hydrogen-bond acceptors (Lipinski definition) is 0. The van der Waals surface area contributed by atoms with Gasteiger partial charge in [-0.05, 0) is 11.6 Å². The van der Waals surface area contributed by atoms with Crippen LogP contribution in [0, 0.1) is 0 Å². The maximum Gasteiger partial charge on any atom is 0.359 e. The molecular weight excluding hydrogens is 180 g/mol. The van der Waals surface area contributed by atoms with Crippen molar-refractivity contribution < 1.29 is 8.78 Å². The normalized spacial score (nSPS) is 14.4. The summed E-state index contributed by atoms with van der Waals surface area (Å²) in [6.07, 6.45) is 0. The van der Waals surface area contributed by atoms with Crippen LogP contribution in [0.5, 0.6) is 0 Å². The molecule has 0 aromatic rings. The lowest BCUT2D eigenvalue weighted by atomic mass is 10.7. The summed E-state index contributed by atoms with van der Waals surface area (Å²) in [7, 11) is 0. The Hall–Kier alpha value is 0.470. The minimum Gasteiger partial charge on any atom is -0.182 e.